The molecule has 46 heavy (non-hydrogen) atoms. The lowest BCUT2D eigenvalue weighted by molar-refractivity contribution is -0.126. The first-order valence-electron chi connectivity index (χ1n) is 14.4. The van der Waals surface area contributed by atoms with E-state index in [4.69, 9.17) is 5.73 Å². The number of halogens is 2. The zero-order valence-electron chi connectivity index (χ0n) is 25.7. The van der Waals surface area contributed by atoms with E-state index < -0.39 is 46.7 Å². The second-order valence-corrected chi connectivity index (χ2v) is 12.6. The monoisotopic (exact) mass is 651 g/mol. The van der Waals surface area contributed by atoms with Crippen LogP contribution in [0.5, 0.6) is 0 Å². The highest BCUT2D eigenvalue weighted by molar-refractivity contribution is 7.20. The van der Waals surface area contributed by atoms with Gasteiger partial charge < -0.3 is 26.6 Å². The molecule has 0 aliphatic rings. The first-order chi connectivity index (χ1) is 21.6. The predicted octanol–water partition coefficient (Wildman–Crippen LogP) is 5.77. The molecule has 13 heteroatoms. The molecule has 0 radical (unpaired) electrons. The lowest BCUT2D eigenvalue weighted by atomic mass is 9.96. The Morgan fingerprint density at radius 2 is 1.67 bits per heavy atom. The molecular weight excluding hydrogens is 616 g/mol. The number of pyridine rings is 1. The van der Waals surface area contributed by atoms with Crippen LogP contribution in [0.1, 0.15) is 54.9 Å². The van der Waals surface area contributed by atoms with Crippen LogP contribution in [0.3, 0.4) is 0 Å². The molecule has 2 aromatic carbocycles. The van der Waals surface area contributed by atoms with Crippen molar-refractivity contribution in [1.82, 2.24) is 15.2 Å². The summed E-state index contributed by atoms with van der Waals surface area (Å²) in [5, 5.41) is 26.3. The third-order valence-corrected chi connectivity index (χ3v) is 8.07. The smallest absolute Gasteiger partial charge is 0.408 e. The number of nitrogens with one attached hydrogen (secondary N) is 2. The summed E-state index contributed by atoms with van der Waals surface area (Å²) in [4.78, 5) is 43.5. The van der Waals surface area contributed by atoms with Gasteiger partial charge in [-0.05, 0) is 69.2 Å². The fourth-order valence-electron chi connectivity index (χ4n) is 4.75. The van der Waals surface area contributed by atoms with Crippen molar-refractivity contribution in [1.29, 1.82) is 0 Å². The molecule has 0 fully saturated rings. The molecule has 0 spiro atoms. The number of carbonyl (C=O) groups is 3. The molecule has 0 saturated carbocycles. The standard InChI is InChI=1S/C33H35F2N5O5S/c1-18(2)37-30(42)25(13-19-9-6-5-7-10-19)40(32(43)44)17-21-11-8-12-27(38-21)39-31-22(29(36)41)16-26(46-31)28-23(34)14-20(15-24(28)35)33(3,4)45/h5-12,14-16,18,25,45H,13,17H2,1-4H3,(H2,36,41)(H,37,42)(H,38,39)(H,43,44). The minimum atomic E-state index is -1.48. The van der Waals surface area contributed by atoms with Gasteiger partial charge in [-0.15, -0.1) is 11.3 Å². The number of amides is 3. The van der Waals surface area contributed by atoms with Gasteiger partial charge in [0.05, 0.1) is 29.0 Å². The zero-order chi connectivity index (χ0) is 33.8. The molecule has 0 aliphatic heterocycles. The molecular formula is C33H35F2N5O5S. The largest absolute Gasteiger partial charge is 0.465 e. The van der Waals surface area contributed by atoms with Crippen LogP contribution in [-0.4, -0.2) is 50.1 Å². The average Bonchev–Trinajstić information content (AvgIpc) is 3.37. The Balaban J connectivity index is 1.64. The molecule has 6 N–H and O–H groups in total. The molecule has 1 unspecified atom stereocenters. The minimum Gasteiger partial charge on any atom is -0.465 e. The number of nitrogens with zero attached hydrogens (tertiary/aromatic N) is 2. The van der Waals surface area contributed by atoms with Crippen LogP contribution in [0.4, 0.5) is 24.4 Å². The van der Waals surface area contributed by atoms with Crippen LogP contribution in [0.2, 0.25) is 0 Å². The molecule has 242 valence electrons. The molecule has 0 bridgehead atoms. The quantitative estimate of drug-likeness (QED) is 0.130. The number of nitrogens with two attached hydrogens (primary N) is 1. The number of thiophene rings is 1. The Bertz CT molecular complexity index is 1720. The second-order valence-electron chi connectivity index (χ2n) is 11.5. The second kappa shape index (κ2) is 14.0. The Morgan fingerprint density at radius 1 is 1.02 bits per heavy atom. The number of carboxylic acid groups (broad SMARTS) is 1. The lowest BCUT2D eigenvalue weighted by Gasteiger charge is -2.29. The molecule has 4 aromatic rings. The van der Waals surface area contributed by atoms with Crippen LogP contribution in [0.15, 0.2) is 66.7 Å². The summed E-state index contributed by atoms with van der Waals surface area (Å²) in [5.74, 6) is -2.97. The van der Waals surface area contributed by atoms with E-state index in [-0.39, 0.29) is 45.8 Å². The first kappa shape index (κ1) is 34.0. The van der Waals surface area contributed by atoms with E-state index in [1.54, 1.807) is 44.2 Å². The number of carbonyl (C=O) groups excluding carboxylic acids is 2. The van der Waals surface area contributed by atoms with E-state index in [0.717, 1.165) is 33.9 Å². The maximum Gasteiger partial charge on any atom is 0.408 e. The number of hydrogen-bond acceptors (Lipinski definition) is 7. The molecule has 2 heterocycles. The van der Waals surface area contributed by atoms with Crippen LogP contribution in [-0.2, 0) is 23.4 Å². The first-order valence-corrected chi connectivity index (χ1v) is 15.2. The van der Waals surface area contributed by atoms with Crippen molar-refractivity contribution in [2.45, 2.75) is 58.3 Å². The van der Waals surface area contributed by atoms with Gasteiger partial charge in [0.1, 0.15) is 28.5 Å². The summed E-state index contributed by atoms with van der Waals surface area (Å²) in [6, 6.07) is 15.8. The number of rotatable bonds is 12. The van der Waals surface area contributed by atoms with Gasteiger partial charge in [-0.3, -0.25) is 14.5 Å². The Morgan fingerprint density at radius 3 is 2.24 bits per heavy atom. The summed E-state index contributed by atoms with van der Waals surface area (Å²) in [7, 11) is 0. The molecule has 1 atom stereocenters. The van der Waals surface area contributed by atoms with Crippen LogP contribution < -0.4 is 16.4 Å². The van der Waals surface area contributed by atoms with Crippen molar-refractivity contribution in [2.75, 3.05) is 5.32 Å². The summed E-state index contributed by atoms with van der Waals surface area (Å²) in [5.41, 5.74) is 4.78. The summed E-state index contributed by atoms with van der Waals surface area (Å²) >= 11 is 0.866. The number of primary amides is 1. The maximum atomic E-state index is 15.1. The van der Waals surface area contributed by atoms with Crippen molar-refractivity contribution < 1.29 is 33.4 Å². The molecule has 0 saturated heterocycles. The zero-order valence-corrected chi connectivity index (χ0v) is 26.5. The van der Waals surface area contributed by atoms with Gasteiger partial charge in [0.25, 0.3) is 5.91 Å². The van der Waals surface area contributed by atoms with Crippen molar-refractivity contribution in [2.24, 2.45) is 5.73 Å². The highest BCUT2D eigenvalue weighted by Crippen LogP contribution is 2.40. The van der Waals surface area contributed by atoms with Crippen LogP contribution in [0, 0.1) is 11.6 Å². The molecule has 0 aliphatic carbocycles. The normalized spacial score (nSPS) is 12.1. The van der Waals surface area contributed by atoms with Gasteiger partial charge in [0, 0.05) is 17.3 Å². The lowest BCUT2D eigenvalue weighted by Crippen LogP contribution is -2.51. The van der Waals surface area contributed by atoms with Gasteiger partial charge in [-0.25, -0.2) is 18.6 Å². The number of aliphatic hydroxyl groups is 1. The van der Waals surface area contributed by atoms with Crippen LogP contribution >= 0.6 is 11.3 Å². The van der Waals surface area contributed by atoms with E-state index in [1.807, 2.05) is 18.2 Å². The SMILES string of the molecule is CC(C)NC(=O)C(Cc1ccccc1)N(Cc1cccc(Nc2sc(-c3c(F)cc(C(C)(C)O)cc3F)cc2C(N)=O)n1)C(=O)O. The fourth-order valence-corrected chi connectivity index (χ4v) is 5.87. The van der Waals surface area contributed by atoms with Crippen LogP contribution in [0.25, 0.3) is 10.4 Å². The van der Waals surface area contributed by atoms with Gasteiger partial charge in [-0.2, -0.15) is 0 Å². The van der Waals surface area contributed by atoms with E-state index in [2.05, 4.69) is 15.6 Å². The number of aromatic nitrogens is 1. The van der Waals surface area contributed by atoms with Gasteiger partial charge in [0.2, 0.25) is 5.91 Å². The topological polar surface area (TPSA) is 158 Å². The van der Waals surface area contributed by atoms with Crippen molar-refractivity contribution in [3.05, 3.63) is 101 Å². The maximum absolute atomic E-state index is 15.1. The Kier molecular flexibility index (Phi) is 10.4. The highest BCUT2D eigenvalue weighted by atomic mass is 32.1. The number of benzene rings is 2. The van der Waals surface area contributed by atoms with E-state index in [1.165, 1.54) is 19.9 Å². The van der Waals surface area contributed by atoms with E-state index in [9.17, 15) is 24.6 Å². The summed E-state index contributed by atoms with van der Waals surface area (Å²) in [6.45, 7) is 6.13. The van der Waals surface area contributed by atoms with Gasteiger partial charge >= 0.3 is 6.09 Å². The Hall–Kier alpha value is -4.88. The van der Waals surface area contributed by atoms with Crippen molar-refractivity contribution in [3.63, 3.8) is 0 Å². The highest BCUT2D eigenvalue weighted by Gasteiger charge is 2.31. The van der Waals surface area contributed by atoms with Crippen molar-refractivity contribution in [3.8, 4) is 10.4 Å². The van der Waals surface area contributed by atoms with Gasteiger partial charge in [-0.1, -0.05) is 36.4 Å². The van der Waals surface area contributed by atoms with E-state index >= 15 is 8.78 Å². The minimum absolute atomic E-state index is 0.0420. The number of hydrogen-bond donors (Lipinski definition) is 5. The number of anilines is 2. The molecule has 2 aromatic heterocycles. The molecule has 10 nitrogen and oxygen atoms in total. The van der Waals surface area contributed by atoms with E-state index in [0.29, 0.717) is 5.69 Å². The molecule has 4 rings (SSSR count). The third kappa shape index (κ3) is 8.23. The van der Waals surface area contributed by atoms with Crippen molar-refractivity contribution >= 4 is 40.1 Å². The molecule has 3 amide bonds. The van der Waals surface area contributed by atoms with Gasteiger partial charge in [0.15, 0.2) is 0 Å². The summed E-state index contributed by atoms with van der Waals surface area (Å²) < 4.78 is 30.2. The average molecular weight is 652 g/mol. The fraction of sp³-hybridized carbons (Fsp3) is 0.273. The summed E-state index contributed by atoms with van der Waals surface area (Å²) in [6.07, 6.45) is -1.19. The predicted molar refractivity (Wildman–Crippen MR) is 172 cm³/mol. The Labute approximate surface area is 268 Å². The third-order valence-electron chi connectivity index (χ3n) is 7.00.